The lowest BCUT2D eigenvalue weighted by Crippen LogP contribution is -2.16. The number of aliphatic hydroxyl groups excluding tert-OH is 1. The number of ether oxygens (including phenoxy) is 1. The number of carbonyl (C=O) groups is 2. The Morgan fingerprint density at radius 2 is 1.73 bits per heavy atom. The highest BCUT2D eigenvalue weighted by Crippen LogP contribution is 2.24. The molecule has 0 bridgehead atoms. The van der Waals surface area contributed by atoms with E-state index in [0.717, 1.165) is 12.8 Å². The van der Waals surface area contributed by atoms with Gasteiger partial charge in [-0.2, -0.15) is 0 Å². The predicted molar refractivity (Wildman–Crippen MR) is 133 cm³/mol. The van der Waals surface area contributed by atoms with Crippen molar-refractivity contribution in [2.45, 2.75) is 72.0 Å². The number of hydrogen-bond donors (Lipinski definition) is 2. The summed E-state index contributed by atoms with van der Waals surface area (Å²) in [6, 6.07) is 4.96. The van der Waals surface area contributed by atoms with E-state index < -0.39 is 12.1 Å². The molecule has 0 spiro atoms. The molecule has 0 aromatic heterocycles. The van der Waals surface area contributed by atoms with Gasteiger partial charge in [-0.05, 0) is 56.7 Å². The zero-order valence-electron chi connectivity index (χ0n) is 20.2. The lowest BCUT2D eigenvalue weighted by molar-refractivity contribution is -0.113. The van der Waals surface area contributed by atoms with Gasteiger partial charge in [-0.15, -0.1) is 0 Å². The fraction of sp³-hybridized carbons (Fsp3) is 0.429. The van der Waals surface area contributed by atoms with Crippen molar-refractivity contribution < 1.29 is 24.5 Å². The summed E-state index contributed by atoms with van der Waals surface area (Å²) < 4.78 is 5.52. The highest BCUT2D eigenvalue weighted by molar-refractivity contribution is 5.94. The zero-order chi connectivity index (χ0) is 24.6. The highest BCUT2D eigenvalue weighted by Gasteiger charge is 2.19. The van der Waals surface area contributed by atoms with Gasteiger partial charge in [0.05, 0.1) is 6.10 Å². The number of esters is 1. The molecule has 3 atom stereocenters. The quantitative estimate of drug-likeness (QED) is 0.159. The maximum Gasteiger partial charge on any atom is 0.342 e. The van der Waals surface area contributed by atoms with Crippen LogP contribution in [0, 0.1) is 5.92 Å². The second-order valence-corrected chi connectivity index (χ2v) is 8.23. The summed E-state index contributed by atoms with van der Waals surface area (Å²) in [4.78, 5) is 24.5. The molecule has 5 heteroatoms. The molecule has 0 aliphatic rings. The van der Waals surface area contributed by atoms with Crippen molar-refractivity contribution in [2.24, 2.45) is 5.92 Å². The first kappa shape index (κ1) is 28.1. The summed E-state index contributed by atoms with van der Waals surface area (Å²) in [5, 5.41) is 19.8. The van der Waals surface area contributed by atoms with Crippen molar-refractivity contribution in [2.75, 3.05) is 0 Å². The third-order valence-electron chi connectivity index (χ3n) is 5.20. The molecular formula is C28H38O5. The molecule has 3 unspecified atom stereocenters. The number of allylic oxidation sites excluding steroid dienone is 7. The van der Waals surface area contributed by atoms with E-state index in [2.05, 4.69) is 0 Å². The Balaban J connectivity index is 2.62. The van der Waals surface area contributed by atoms with E-state index in [1.54, 1.807) is 44.2 Å². The van der Waals surface area contributed by atoms with Gasteiger partial charge < -0.3 is 14.9 Å². The molecule has 1 rings (SSSR count). The minimum atomic E-state index is -0.573. The minimum absolute atomic E-state index is 0.00592. The van der Waals surface area contributed by atoms with E-state index in [-0.39, 0.29) is 29.1 Å². The van der Waals surface area contributed by atoms with Crippen LogP contribution in [0.3, 0.4) is 0 Å². The Labute approximate surface area is 198 Å². The van der Waals surface area contributed by atoms with Crippen LogP contribution in [0.15, 0.2) is 66.8 Å². The molecule has 5 nitrogen and oxygen atoms in total. The summed E-state index contributed by atoms with van der Waals surface area (Å²) in [6.45, 7) is 7.54. The minimum Gasteiger partial charge on any atom is -0.507 e. The number of rotatable bonds is 14. The molecule has 0 aliphatic heterocycles. The van der Waals surface area contributed by atoms with E-state index in [1.165, 1.54) is 6.07 Å². The number of carbonyl (C=O) groups excluding carboxylic acids is 2. The molecule has 0 aliphatic carbocycles. The van der Waals surface area contributed by atoms with E-state index >= 15 is 0 Å². The molecule has 33 heavy (non-hydrogen) atoms. The molecule has 0 heterocycles. The number of hydrogen-bond acceptors (Lipinski definition) is 5. The first-order valence-electron chi connectivity index (χ1n) is 11.6. The summed E-state index contributed by atoms with van der Waals surface area (Å²) in [6.07, 6.45) is 16.7. The summed E-state index contributed by atoms with van der Waals surface area (Å²) in [5.74, 6) is -0.531. The van der Waals surface area contributed by atoms with Crippen LogP contribution < -0.4 is 0 Å². The van der Waals surface area contributed by atoms with E-state index in [1.807, 2.05) is 44.2 Å². The molecule has 180 valence electrons. The predicted octanol–water partition coefficient (Wildman–Crippen LogP) is 5.87. The monoisotopic (exact) mass is 454 g/mol. The van der Waals surface area contributed by atoms with Gasteiger partial charge >= 0.3 is 5.97 Å². The number of aromatic hydroxyl groups is 1. The van der Waals surface area contributed by atoms with Gasteiger partial charge in [-0.3, -0.25) is 4.79 Å². The summed E-state index contributed by atoms with van der Waals surface area (Å²) >= 11 is 0. The first-order valence-corrected chi connectivity index (χ1v) is 11.6. The number of phenolic OH excluding ortho intramolecular Hbond substituents is 1. The van der Waals surface area contributed by atoms with Gasteiger partial charge in [0.2, 0.25) is 0 Å². The van der Waals surface area contributed by atoms with Crippen molar-refractivity contribution in [1.29, 1.82) is 0 Å². The number of benzene rings is 1. The van der Waals surface area contributed by atoms with Gasteiger partial charge in [0.1, 0.15) is 17.4 Å². The van der Waals surface area contributed by atoms with Crippen LogP contribution in [0.1, 0.15) is 69.3 Å². The summed E-state index contributed by atoms with van der Waals surface area (Å²) in [7, 11) is 0. The fourth-order valence-corrected chi connectivity index (χ4v) is 2.93. The standard InChI is InChI=1S/C28H38O5/c1-5-6-7-8-18-25(30)19-12-10-15-22(3)33-28(32)27-24(17-13-20-26(27)31)16-11-9-14-21(2)23(4)29/h6-13,17-18,20-23,29,31H,5,14-16,19H2,1-4H3/b7-6-,11-9+,12-10+,18-8-. The third-order valence-corrected chi connectivity index (χ3v) is 5.20. The molecule has 1 aromatic rings. The van der Waals surface area contributed by atoms with Crippen LogP contribution in [-0.4, -0.2) is 34.2 Å². The smallest absolute Gasteiger partial charge is 0.342 e. The van der Waals surface area contributed by atoms with Crippen LogP contribution in [0.25, 0.3) is 0 Å². The SMILES string of the molecule is CC/C=C\C=C/C(=O)C/C=C/CC(C)OC(=O)c1c(O)cccc1C/C=C/CC(C)C(C)O. The van der Waals surface area contributed by atoms with E-state index in [9.17, 15) is 19.8 Å². The van der Waals surface area contributed by atoms with Crippen LogP contribution >= 0.6 is 0 Å². The molecule has 0 saturated heterocycles. The van der Waals surface area contributed by atoms with Gasteiger partial charge in [-0.1, -0.05) is 68.5 Å². The largest absolute Gasteiger partial charge is 0.507 e. The van der Waals surface area contributed by atoms with Gasteiger partial charge in [-0.25, -0.2) is 4.79 Å². The van der Waals surface area contributed by atoms with Gasteiger partial charge in [0, 0.05) is 12.8 Å². The lowest BCUT2D eigenvalue weighted by atomic mass is 10.00. The Morgan fingerprint density at radius 3 is 2.42 bits per heavy atom. The molecule has 0 amide bonds. The lowest BCUT2D eigenvalue weighted by Gasteiger charge is -2.14. The Morgan fingerprint density at radius 1 is 1.00 bits per heavy atom. The third kappa shape index (κ3) is 11.5. The molecule has 2 N–H and O–H groups in total. The van der Waals surface area contributed by atoms with Gasteiger partial charge in [0.25, 0.3) is 0 Å². The molecule has 1 aromatic carbocycles. The Kier molecular flexibility index (Phi) is 13.5. The number of aliphatic hydroxyl groups is 1. The molecule has 0 radical (unpaired) electrons. The Hall–Kier alpha value is -2.92. The van der Waals surface area contributed by atoms with Crippen LogP contribution in [0.2, 0.25) is 0 Å². The van der Waals surface area contributed by atoms with Crippen molar-refractivity contribution in [1.82, 2.24) is 0 Å². The van der Waals surface area contributed by atoms with E-state index in [4.69, 9.17) is 4.74 Å². The van der Waals surface area contributed by atoms with Crippen molar-refractivity contribution in [3.8, 4) is 5.75 Å². The fourth-order valence-electron chi connectivity index (χ4n) is 2.93. The van der Waals surface area contributed by atoms with Crippen LogP contribution in [0.5, 0.6) is 5.75 Å². The first-order chi connectivity index (χ1) is 15.8. The van der Waals surface area contributed by atoms with Crippen LogP contribution in [-0.2, 0) is 16.0 Å². The van der Waals surface area contributed by atoms with Crippen molar-refractivity contribution in [3.63, 3.8) is 0 Å². The van der Waals surface area contributed by atoms with Crippen LogP contribution in [0.4, 0.5) is 0 Å². The van der Waals surface area contributed by atoms with Crippen molar-refractivity contribution in [3.05, 3.63) is 77.9 Å². The number of ketones is 1. The second kappa shape index (κ2) is 15.8. The second-order valence-electron chi connectivity index (χ2n) is 8.23. The molecule has 0 fully saturated rings. The van der Waals surface area contributed by atoms with Crippen molar-refractivity contribution >= 4 is 11.8 Å². The highest BCUT2D eigenvalue weighted by atomic mass is 16.5. The normalized spacial score (nSPS) is 14.9. The topological polar surface area (TPSA) is 83.8 Å². The molecular weight excluding hydrogens is 416 g/mol. The maximum absolute atomic E-state index is 12.7. The molecule has 0 saturated carbocycles. The zero-order valence-corrected chi connectivity index (χ0v) is 20.2. The maximum atomic E-state index is 12.7. The van der Waals surface area contributed by atoms with Gasteiger partial charge in [0.15, 0.2) is 5.78 Å². The average molecular weight is 455 g/mol. The Bertz CT molecular complexity index is 861. The van der Waals surface area contributed by atoms with E-state index in [0.29, 0.717) is 24.8 Å². The summed E-state index contributed by atoms with van der Waals surface area (Å²) in [5.41, 5.74) is 0.847. The number of phenols is 1. The average Bonchev–Trinajstić information content (AvgIpc) is 2.76.